The smallest absolute Gasteiger partial charge is 0.335 e. The molecule has 0 saturated heterocycles. The van der Waals surface area contributed by atoms with E-state index in [0.717, 1.165) is 3.57 Å². The number of carbonyl (C=O) groups is 1. The molecule has 0 amide bonds. The second-order valence-corrected chi connectivity index (χ2v) is 3.50. The largest absolute Gasteiger partial charge is 0.478 e. The van der Waals surface area contributed by atoms with E-state index in [2.05, 4.69) is 0 Å². The minimum Gasteiger partial charge on any atom is -0.478 e. The third-order valence-corrected chi connectivity index (χ3v) is 2.71. The molecule has 0 aromatic heterocycles. The molecule has 0 heterocycles. The average molecular weight is 282 g/mol. The van der Waals surface area contributed by atoms with Gasteiger partial charge in [0, 0.05) is 3.57 Å². The van der Waals surface area contributed by atoms with Crippen LogP contribution >= 0.6 is 34.2 Å². The Kier molecular flexibility index (Phi) is 2.72. The summed E-state index contributed by atoms with van der Waals surface area (Å²) in [6.07, 6.45) is 0. The molecule has 0 aliphatic carbocycles. The molecule has 1 aromatic carbocycles. The normalized spacial score (nSPS) is 9.64. The van der Waals surface area contributed by atoms with Gasteiger partial charge < -0.3 is 5.11 Å². The highest BCUT2D eigenvalue weighted by Gasteiger charge is 2.04. The molecular formula is C7H4ClIO2. The van der Waals surface area contributed by atoms with Gasteiger partial charge in [-0.05, 0) is 40.8 Å². The second kappa shape index (κ2) is 3.40. The van der Waals surface area contributed by atoms with Crippen molar-refractivity contribution in [1.82, 2.24) is 0 Å². The predicted molar refractivity (Wildman–Crippen MR) is 51.1 cm³/mol. The molecule has 0 fully saturated rings. The van der Waals surface area contributed by atoms with Crippen molar-refractivity contribution < 1.29 is 9.90 Å². The molecule has 0 unspecified atom stereocenters. The lowest BCUT2D eigenvalue weighted by Crippen LogP contribution is -1.95. The molecule has 0 atom stereocenters. The van der Waals surface area contributed by atoms with Crippen LogP contribution in [0.2, 0.25) is 5.02 Å². The van der Waals surface area contributed by atoms with E-state index in [0.29, 0.717) is 5.02 Å². The Hall–Kier alpha value is -0.290. The third kappa shape index (κ3) is 2.07. The van der Waals surface area contributed by atoms with Gasteiger partial charge in [0.2, 0.25) is 0 Å². The lowest BCUT2D eigenvalue weighted by atomic mass is 10.2. The topological polar surface area (TPSA) is 37.3 Å². The van der Waals surface area contributed by atoms with Crippen molar-refractivity contribution in [3.8, 4) is 0 Å². The molecule has 0 aliphatic heterocycles. The Bertz CT molecular complexity index is 298. The SMILES string of the molecule is O=C(O)c1ccc(Cl)c(I)c1. The van der Waals surface area contributed by atoms with Crippen molar-refractivity contribution >= 4 is 40.2 Å². The molecule has 0 radical (unpaired) electrons. The molecular weight excluding hydrogens is 278 g/mol. The van der Waals surface area contributed by atoms with Gasteiger partial charge in [-0.25, -0.2) is 4.79 Å². The predicted octanol–water partition coefficient (Wildman–Crippen LogP) is 2.64. The van der Waals surface area contributed by atoms with Crippen molar-refractivity contribution in [2.75, 3.05) is 0 Å². The minimum absolute atomic E-state index is 0.263. The summed E-state index contributed by atoms with van der Waals surface area (Å²) < 4.78 is 0.754. The molecule has 1 aromatic rings. The van der Waals surface area contributed by atoms with Crippen molar-refractivity contribution in [3.05, 3.63) is 32.4 Å². The van der Waals surface area contributed by atoms with Crippen LogP contribution in [-0.4, -0.2) is 11.1 Å². The number of benzene rings is 1. The summed E-state index contributed by atoms with van der Waals surface area (Å²) in [5, 5.41) is 9.13. The Morgan fingerprint density at radius 3 is 2.64 bits per heavy atom. The zero-order valence-electron chi connectivity index (χ0n) is 5.34. The van der Waals surface area contributed by atoms with E-state index in [1.165, 1.54) is 12.1 Å². The monoisotopic (exact) mass is 282 g/mol. The van der Waals surface area contributed by atoms with Crippen LogP contribution in [0, 0.1) is 3.57 Å². The van der Waals surface area contributed by atoms with E-state index >= 15 is 0 Å². The summed E-state index contributed by atoms with van der Waals surface area (Å²) in [7, 11) is 0. The lowest BCUT2D eigenvalue weighted by Gasteiger charge is -1.96. The van der Waals surface area contributed by atoms with Crippen LogP contribution in [0.15, 0.2) is 18.2 Å². The van der Waals surface area contributed by atoms with Gasteiger partial charge in [-0.2, -0.15) is 0 Å². The maximum Gasteiger partial charge on any atom is 0.335 e. The molecule has 1 rings (SSSR count). The lowest BCUT2D eigenvalue weighted by molar-refractivity contribution is 0.0697. The molecule has 0 spiro atoms. The van der Waals surface area contributed by atoms with Crippen LogP contribution in [-0.2, 0) is 0 Å². The number of hydrogen-bond acceptors (Lipinski definition) is 1. The summed E-state index contributed by atoms with van der Waals surface area (Å²) in [5.74, 6) is -0.931. The molecule has 0 saturated carbocycles. The van der Waals surface area contributed by atoms with Crippen LogP contribution in [0.3, 0.4) is 0 Å². The van der Waals surface area contributed by atoms with Crippen LogP contribution in [0.5, 0.6) is 0 Å². The van der Waals surface area contributed by atoms with Crippen molar-refractivity contribution in [2.45, 2.75) is 0 Å². The first-order chi connectivity index (χ1) is 5.11. The van der Waals surface area contributed by atoms with Crippen LogP contribution in [0.4, 0.5) is 0 Å². The molecule has 58 valence electrons. The molecule has 0 bridgehead atoms. The Morgan fingerprint density at radius 1 is 1.55 bits per heavy atom. The summed E-state index contributed by atoms with van der Waals surface area (Å²) in [4.78, 5) is 10.4. The number of halogens is 2. The zero-order valence-corrected chi connectivity index (χ0v) is 8.26. The van der Waals surface area contributed by atoms with E-state index in [9.17, 15) is 4.79 Å². The number of hydrogen-bond donors (Lipinski definition) is 1. The van der Waals surface area contributed by atoms with Gasteiger partial charge >= 0.3 is 5.97 Å². The van der Waals surface area contributed by atoms with E-state index in [1.54, 1.807) is 6.07 Å². The number of aromatic carboxylic acids is 1. The van der Waals surface area contributed by atoms with Gasteiger partial charge in [0.1, 0.15) is 0 Å². The quantitative estimate of drug-likeness (QED) is 0.804. The van der Waals surface area contributed by atoms with Gasteiger partial charge in [-0.3, -0.25) is 0 Å². The molecule has 4 heteroatoms. The first-order valence-electron chi connectivity index (χ1n) is 2.79. The number of carboxylic acids is 1. The van der Waals surface area contributed by atoms with Crippen LogP contribution in [0.25, 0.3) is 0 Å². The summed E-state index contributed by atoms with van der Waals surface area (Å²) in [6, 6.07) is 4.59. The maximum absolute atomic E-state index is 10.4. The highest BCUT2D eigenvalue weighted by atomic mass is 127. The maximum atomic E-state index is 10.4. The van der Waals surface area contributed by atoms with Crippen molar-refractivity contribution in [3.63, 3.8) is 0 Å². The van der Waals surface area contributed by atoms with Crippen molar-refractivity contribution in [1.29, 1.82) is 0 Å². The molecule has 0 aliphatic rings. The van der Waals surface area contributed by atoms with Crippen LogP contribution in [0.1, 0.15) is 10.4 Å². The van der Waals surface area contributed by atoms with E-state index in [1.807, 2.05) is 22.6 Å². The minimum atomic E-state index is -0.931. The summed E-state index contributed by atoms with van der Waals surface area (Å²) in [5.41, 5.74) is 0.263. The second-order valence-electron chi connectivity index (χ2n) is 1.93. The van der Waals surface area contributed by atoms with Gasteiger partial charge in [0.05, 0.1) is 10.6 Å². The summed E-state index contributed by atoms with van der Waals surface area (Å²) >= 11 is 7.67. The standard InChI is InChI=1S/C7H4ClIO2/c8-5-2-1-4(7(10)11)3-6(5)9/h1-3H,(H,10,11). The van der Waals surface area contributed by atoms with Crippen LogP contribution < -0.4 is 0 Å². The number of carboxylic acid groups (broad SMARTS) is 1. The molecule has 2 nitrogen and oxygen atoms in total. The molecule has 1 N–H and O–H groups in total. The first kappa shape index (κ1) is 8.80. The van der Waals surface area contributed by atoms with Crippen molar-refractivity contribution in [2.24, 2.45) is 0 Å². The Labute approximate surface area is 82.3 Å². The first-order valence-corrected chi connectivity index (χ1v) is 4.25. The van der Waals surface area contributed by atoms with Gasteiger partial charge in [0.25, 0.3) is 0 Å². The molecule has 11 heavy (non-hydrogen) atoms. The fourth-order valence-corrected chi connectivity index (χ4v) is 1.26. The van der Waals surface area contributed by atoms with Gasteiger partial charge in [0.15, 0.2) is 0 Å². The Balaban J connectivity index is 3.15. The number of rotatable bonds is 1. The van der Waals surface area contributed by atoms with E-state index < -0.39 is 5.97 Å². The van der Waals surface area contributed by atoms with E-state index in [4.69, 9.17) is 16.7 Å². The van der Waals surface area contributed by atoms with Gasteiger partial charge in [-0.1, -0.05) is 11.6 Å². The fraction of sp³-hybridized carbons (Fsp3) is 0. The zero-order chi connectivity index (χ0) is 8.43. The highest BCUT2D eigenvalue weighted by Crippen LogP contribution is 2.19. The average Bonchev–Trinajstić information content (AvgIpc) is 1.94. The van der Waals surface area contributed by atoms with E-state index in [-0.39, 0.29) is 5.56 Å². The third-order valence-electron chi connectivity index (χ3n) is 1.17. The fourth-order valence-electron chi connectivity index (χ4n) is 0.629. The highest BCUT2D eigenvalue weighted by molar-refractivity contribution is 14.1. The summed E-state index contributed by atoms with van der Waals surface area (Å²) in [6.45, 7) is 0. The Morgan fingerprint density at radius 2 is 2.18 bits per heavy atom. The van der Waals surface area contributed by atoms with Gasteiger partial charge in [-0.15, -0.1) is 0 Å².